The van der Waals surface area contributed by atoms with Gasteiger partial charge in [-0.3, -0.25) is 4.57 Å². The van der Waals surface area contributed by atoms with E-state index in [-0.39, 0.29) is 11.6 Å². The average molecular weight is 308 g/mol. The summed E-state index contributed by atoms with van der Waals surface area (Å²) < 4.78 is 1.39. The van der Waals surface area contributed by atoms with Gasteiger partial charge in [0.05, 0.1) is 0 Å². The molecule has 1 saturated heterocycles. The maximum atomic E-state index is 11.4. The predicted molar refractivity (Wildman–Crippen MR) is 78.3 cm³/mol. The number of aromatic amines is 1. The minimum absolute atomic E-state index is 0.175. The summed E-state index contributed by atoms with van der Waals surface area (Å²) in [6, 6.07) is 0. The highest BCUT2D eigenvalue weighted by Crippen LogP contribution is 2.24. The number of piperidine rings is 1. The zero-order valence-corrected chi connectivity index (χ0v) is 12.4. The van der Waals surface area contributed by atoms with Crippen molar-refractivity contribution in [2.75, 3.05) is 23.7 Å². The van der Waals surface area contributed by atoms with Gasteiger partial charge in [-0.1, -0.05) is 0 Å². The zero-order chi connectivity index (χ0) is 14.8. The fourth-order valence-corrected chi connectivity index (χ4v) is 2.89. The molecule has 0 bridgehead atoms. The van der Waals surface area contributed by atoms with Crippen molar-refractivity contribution >= 4 is 23.7 Å². The minimum atomic E-state index is -0.282. The molecule has 0 atom stereocenters. The molecule has 1 aliphatic heterocycles. The Morgan fingerprint density at radius 1 is 1.19 bits per heavy atom. The van der Waals surface area contributed by atoms with Crippen molar-refractivity contribution in [3.05, 3.63) is 10.5 Å². The Balaban J connectivity index is 1.87. The molecular formula is C11H16N8OS. The second-order valence-corrected chi connectivity index (χ2v) is 5.73. The average Bonchev–Trinajstić information content (AvgIpc) is 2.80. The van der Waals surface area contributed by atoms with E-state index in [1.165, 1.54) is 22.7 Å². The Bertz CT molecular complexity index is 690. The number of nitrogens with one attached hydrogen (secondary N) is 1. The number of hydrogen-bond donors (Lipinski definition) is 2. The molecule has 3 N–H and O–H groups in total. The highest BCUT2D eigenvalue weighted by molar-refractivity contribution is 7.99. The Labute approximate surface area is 125 Å². The molecule has 0 aliphatic carbocycles. The number of hydrogen-bond acceptors (Lipinski definition) is 8. The molecule has 10 heteroatoms. The molecule has 21 heavy (non-hydrogen) atoms. The Morgan fingerprint density at radius 3 is 2.62 bits per heavy atom. The zero-order valence-electron chi connectivity index (χ0n) is 11.6. The maximum absolute atomic E-state index is 11.4. The number of H-pyrrole nitrogens is 1. The van der Waals surface area contributed by atoms with Gasteiger partial charge in [0, 0.05) is 20.1 Å². The molecule has 0 spiro atoms. The van der Waals surface area contributed by atoms with Crippen molar-refractivity contribution in [1.29, 1.82) is 0 Å². The van der Waals surface area contributed by atoms with Gasteiger partial charge < -0.3 is 10.6 Å². The SMILES string of the molecule is Cn1c(Sc2nc(N)nc(N3CCCCC3)n2)n[nH]c1=O. The van der Waals surface area contributed by atoms with E-state index in [1.54, 1.807) is 7.05 Å². The quantitative estimate of drug-likeness (QED) is 0.814. The lowest BCUT2D eigenvalue weighted by atomic mass is 10.1. The molecule has 0 radical (unpaired) electrons. The molecule has 1 aliphatic rings. The molecule has 3 rings (SSSR count). The van der Waals surface area contributed by atoms with Crippen molar-refractivity contribution in [2.45, 2.75) is 29.6 Å². The molecule has 3 heterocycles. The monoisotopic (exact) mass is 308 g/mol. The van der Waals surface area contributed by atoms with Crippen molar-refractivity contribution in [3.63, 3.8) is 0 Å². The molecule has 2 aromatic heterocycles. The predicted octanol–water partition coefficient (Wildman–Crippen LogP) is 0.0171. The molecule has 0 unspecified atom stereocenters. The lowest BCUT2D eigenvalue weighted by Crippen LogP contribution is -2.31. The highest BCUT2D eigenvalue weighted by atomic mass is 32.2. The summed E-state index contributed by atoms with van der Waals surface area (Å²) in [5.74, 6) is 0.763. The van der Waals surface area contributed by atoms with Crippen LogP contribution in [0.2, 0.25) is 0 Å². The number of anilines is 2. The Hall–Kier alpha value is -2.10. The second-order valence-electron chi connectivity index (χ2n) is 4.80. The van der Waals surface area contributed by atoms with Crippen LogP contribution in [0.25, 0.3) is 0 Å². The summed E-state index contributed by atoms with van der Waals surface area (Å²) in [5, 5.41) is 7.21. The van der Waals surface area contributed by atoms with Gasteiger partial charge in [-0.25, -0.2) is 9.89 Å². The van der Waals surface area contributed by atoms with E-state index in [9.17, 15) is 4.79 Å². The summed E-state index contributed by atoms with van der Waals surface area (Å²) in [6.07, 6.45) is 3.48. The van der Waals surface area contributed by atoms with Crippen molar-refractivity contribution < 1.29 is 0 Å². The van der Waals surface area contributed by atoms with Crippen LogP contribution in [0.15, 0.2) is 15.1 Å². The summed E-state index contributed by atoms with van der Waals surface area (Å²) in [6.45, 7) is 1.85. The number of nitrogens with two attached hydrogens (primary N) is 1. The standard InChI is InChI=1S/C11H16N8OS/c1-18-10(20)16-17-11(18)21-9-14-7(12)13-8(15-9)19-5-3-2-4-6-19/h2-6H2,1H3,(H,16,20)(H2,12,13,14,15). The summed E-state index contributed by atoms with van der Waals surface area (Å²) in [5.41, 5.74) is 5.48. The van der Waals surface area contributed by atoms with Crippen LogP contribution in [0.5, 0.6) is 0 Å². The summed E-state index contributed by atoms with van der Waals surface area (Å²) in [7, 11) is 1.63. The first-order valence-electron chi connectivity index (χ1n) is 6.69. The lowest BCUT2D eigenvalue weighted by Gasteiger charge is -2.26. The fraction of sp³-hybridized carbons (Fsp3) is 0.545. The molecule has 0 amide bonds. The molecular weight excluding hydrogens is 292 g/mol. The van der Waals surface area contributed by atoms with Gasteiger partial charge in [0.15, 0.2) is 5.16 Å². The Morgan fingerprint density at radius 2 is 1.95 bits per heavy atom. The van der Waals surface area contributed by atoms with E-state index in [4.69, 9.17) is 5.73 Å². The van der Waals surface area contributed by atoms with E-state index >= 15 is 0 Å². The second kappa shape index (κ2) is 5.72. The van der Waals surface area contributed by atoms with Crippen molar-refractivity contribution in [2.24, 2.45) is 7.05 Å². The van der Waals surface area contributed by atoms with Crippen molar-refractivity contribution in [3.8, 4) is 0 Å². The number of nitrogen functional groups attached to an aromatic ring is 1. The molecule has 112 valence electrons. The third kappa shape index (κ3) is 2.99. The van der Waals surface area contributed by atoms with E-state index in [0.717, 1.165) is 25.9 Å². The summed E-state index contributed by atoms with van der Waals surface area (Å²) in [4.78, 5) is 26.2. The fourth-order valence-electron chi connectivity index (χ4n) is 2.15. The van der Waals surface area contributed by atoms with Crippen LogP contribution in [0, 0.1) is 0 Å². The Kier molecular flexibility index (Phi) is 3.78. The topological polar surface area (TPSA) is 119 Å². The van der Waals surface area contributed by atoms with Gasteiger partial charge in [-0.05, 0) is 31.0 Å². The van der Waals surface area contributed by atoms with Crippen LogP contribution < -0.4 is 16.3 Å². The number of nitrogens with zero attached hydrogens (tertiary/aromatic N) is 6. The molecule has 1 fully saturated rings. The van der Waals surface area contributed by atoms with Crippen molar-refractivity contribution in [1.82, 2.24) is 29.7 Å². The third-order valence-electron chi connectivity index (χ3n) is 3.28. The van der Waals surface area contributed by atoms with Crippen LogP contribution in [-0.2, 0) is 7.05 Å². The van der Waals surface area contributed by atoms with Crippen LogP contribution in [0.1, 0.15) is 19.3 Å². The van der Waals surface area contributed by atoms with Gasteiger partial charge in [0.25, 0.3) is 0 Å². The number of aromatic nitrogens is 6. The molecule has 9 nitrogen and oxygen atoms in total. The van der Waals surface area contributed by atoms with Gasteiger partial charge in [-0.2, -0.15) is 15.0 Å². The molecule has 0 aromatic carbocycles. The largest absolute Gasteiger partial charge is 0.368 e. The maximum Gasteiger partial charge on any atom is 0.343 e. The first-order chi connectivity index (χ1) is 10.1. The first kappa shape index (κ1) is 13.9. The van der Waals surface area contributed by atoms with E-state index in [2.05, 4.69) is 30.0 Å². The van der Waals surface area contributed by atoms with Crippen LogP contribution in [-0.4, -0.2) is 42.8 Å². The molecule has 2 aromatic rings. The van der Waals surface area contributed by atoms with E-state index in [1.807, 2.05) is 0 Å². The number of rotatable bonds is 3. The third-order valence-corrected chi connectivity index (χ3v) is 4.19. The highest BCUT2D eigenvalue weighted by Gasteiger charge is 2.17. The normalized spacial score (nSPS) is 15.4. The lowest BCUT2D eigenvalue weighted by molar-refractivity contribution is 0.565. The minimum Gasteiger partial charge on any atom is -0.368 e. The first-order valence-corrected chi connectivity index (χ1v) is 7.51. The van der Waals surface area contributed by atoms with Crippen LogP contribution in [0.3, 0.4) is 0 Å². The van der Waals surface area contributed by atoms with Crippen LogP contribution in [0.4, 0.5) is 11.9 Å². The van der Waals surface area contributed by atoms with Crippen LogP contribution >= 0.6 is 11.8 Å². The summed E-state index contributed by atoms with van der Waals surface area (Å²) >= 11 is 1.18. The molecule has 0 saturated carbocycles. The smallest absolute Gasteiger partial charge is 0.343 e. The van der Waals surface area contributed by atoms with E-state index < -0.39 is 0 Å². The van der Waals surface area contributed by atoms with Gasteiger partial charge in [-0.15, -0.1) is 5.10 Å². The van der Waals surface area contributed by atoms with E-state index in [0.29, 0.717) is 16.3 Å². The van der Waals surface area contributed by atoms with Gasteiger partial charge in [0.1, 0.15) is 0 Å². The van der Waals surface area contributed by atoms with Gasteiger partial charge in [0.2, 0.25) is 17.1 Å². The van der Waals surface area contributed by atoms with Gasteiger partial charge >= 0.3 is 5.69 Å².